The van der Waals surface area contributed by atoms with Crippen LogP contribution in [0.2, 0.25) is 0 Å². The van der Waals surface area contributed by atoms with E-state index >= 15 is 0 Å². The van der Waals surface area contributed by atoms with Gasteiger partial charge in [-0.15, -0.1) is 0 Å². The zero-order valence-electron chi connectivity index (χ0n) is 8.50. The summed E-state index contributed by atoms with van der Waals surface area (Å²) in [5.41, 5.74) is 0.109. The summed E-state index contributed by atoms with van der Waals surface area (Å²) in [5, 5.41) is 8.43. The summed E-state index contributed by atoms with van der Waals surface area (Å²) in [6.45, 7) is 1.85. The molecule has 0 aliphatic carbocycles. The predicted octanol–water partition coefficient (Wildman–Crippen LogP) is 0.531. The second-order valence-corrected chi connectivity index (χ2v) is 4.50. The molecule has 0 saturated carbocycles. The van der Waals surface area contributed by atoms with Crippen molar-refractivity contribution in [3.05, 3.63) is 29.8 Å². The lowest BCUT2D eigenvalue weighted by Crippen LogP contribution is -2.19. The highest BCUT2D eigenvalue weighted by Gasteiger charge is 2.15. The van der Waals surface area contributed by atoms with E-state index in [9.17, 15) is 13.2 Å². The highest BCUT2D eigenvalue weighted by molar-refractivity contribution is 7.89. The summed E-state index contributed by atoms with van der Waals surface area (Å²) in [5.74, 6) is -0.613. The SMILES string of the molecule is CCOC(=O)c1cccc(S(=O)(=O)NO)c1. The van der Waals surface area contributed by atoms with Gasteiger partial charge in [0.15, 0.2) is 0 Å². The van der Waals surface area contributed by atoms with Gasteiger partial charge in [-0.05, 0) is 25.1 Å². The highest BCUT2D eigenvalue weighted by atomic mass is 32.2. The second kappa shape index (κ2) is 5.06. The first-order chi connectivity index (χ1) is 7.51. The standard InChI is InChI=1S/C9H11NO5S/c1-2-15-9(11)7-4-3-5-8(6-7)16(13,14)10-12/h3-6,10,12H,2H2,1H3. The monoisotopic (exact) mass is 245 g/mol. The summed E-state index contributed by atoms with van der Waals surface area (Å²) < 4.78 is 27.2. The Bertz CT molecular complexity index is 482. The van der Waals surface area contributed by atoms with Crippen LogP contribution in [0.15, 0.2) is 29.2 Å². The van der Waals surface area contributed by atoms with Crippen LogP contribution >= 0.6 is 0 Å². The number of carbonyl (C=O) groups excluding carboxylic acids is 1. The fourth-order valence-electron chi connectivity index (χ4n) is 1.06. The van der Waals surface area contributed by atoms with Gasteiger partial charge >= 0.3 is 5.97 Å². The number of hydrogen-bond acceptors (Lipinski definition) is 5. The van der Waals surface area contributed by atoms with E-state index in [1.807, 2.05) is 0 Å². The third-order valence-corrected chi connectivity index (χ3v) is 2.89. The fourth-order valence-corrected chi connectivity index (χ4v) is 1.70. The van der Waals surface area contributed by atoms with Crippen LogP contribution in [0, 0.1) is 0 Å². The molecule has 0 aliphatic heterocycles. The number of ether oxygens (including phenoxy) is 1. The summed E-state index contributed by atoms with van der Waals surface area (Å²) in [6.07, 6.45) is 0. The molecule has 0 aliphatic rings. The minimum absolute atomic E-state index is 0.109. The number of rotatable bonds is 4. The first-order valence-electron chi connectivity index (χ1n) is 4.44. The molecular formula is C9H11NO5S. The quantitative estimate of drug-likeness (QED) is 0.596. The van der Waals surface area contributed by atoms with Crippen molar-refractivity contribution in [1.82, 2.24) is 4.89 Å². The second-order valence-electron chi connectivity index (χ2n) is 2.84. The Morgan fingerprint density at radius 1 is 1.50 bits per heavy atom. The predicted molar refractivity (Wildman–Crippen MR) is 54.5 cm³/mol. The van der Waals surface area contributed by atoms with E-state index in [1.54, 1.807) is 6.92 Å². The summed E-state index contributed by atoms with van der Waals surface area (Å²) in [6, 6.07) is 5.18. The van der Waals surface area contributed by atoms with Crippen molar-refractivity contribution in [1.29, 1.82) is 0 Å². The maximum absolute atomic E-state index is 11.3. The molecule has 0 radical (unpaired) electrons. The largest absolute Gasteiger partial charge is 0.462 e. The van der Waals surface area contributed by atoms with Crippen molar-refractivity contribution in [2.75, 3.05) is 6.61 Å². The molecule has 1 aromatic rings. The molecule has 0 heterocycles. The van der Waals surface area contributed by atoms with Gasteiger partial charge < -0.3 is 9.94 Å². The number of sulfonamides is 1. The Morgan fingerprint density at radius 2 is 2.19 bits per heavy atom. The summed E-state index contributed by atoms with van der Waals surface area (Å²) >= 11 is 0. The van der Waals surface area contributed by atoms with Gasteiger partial charge in [0.25, 0.3) is 10.0 Å². The Hall–Kier alpha value is -1.44. The van der Waals surface area contributed by atoms with E-state index in [0.29, 0.717) is 0 Å². The molecule has 16 heavy (non-hydrogen) atoms. The Balaban J connectivity index is 3.10. The molecule has 6 nitrogen and oxygen atoms in total. The smallest absolute Gasteiger partial charge is 0.338 e. The van der Waals surface area contributed by atoms with Crippen LogP contribution in [0.5, 0.6) is 0 Å². The Morgan fingerprint density at radius 3 is 2.75 bits per heavy atom. The van der Waals surface area contributed by atoms with Gasteiger partial charge in [0.2, 0.25) is 0 Å². The van der Waals surface area contributed by atoms with E-state index in [-0.39, 0.29) is 17.1 Å². The van der Waals surface area contributed by atoms with Crippen molar-refractivity contribution in [2.24, 2.45) is 0 Å². The van der Waals surface area contributed by atoms with Gasteiger partial charge in [0.1, 0.15) is 0 Å². The highest BCUT2D eigenvalue weighted by Crippen LogP contribution is 2.11. The van der Waals surface area contributed by atoms with Gasteiger partial charge in [-0.3, -0.25) is 0 Å². The van der Waals surface area contributed by atoms with E-state index in [2.05, 4.69) is 0 Å². The fraction of sp³-hybridized carbons (Fsp3) is 0.222. The Labute approximate surface area is 92.9 Å². The normalized spacial score (nSPS) is 11.1. The van der Waals surface area contributed by atoms with Gasteiger partial charge in [-0.1, -0.05) is 11.0 Å². The van der Waals surface area contributed by atoms with E-state index < -0.39 is 16.0 Å². The number of hydrogen-bond donors (Lipinski definition) is 2. The average molecular weight is 245 g/mol. The van der Waals surface area contributed by atoms with Crippen molar-refractivity contribution < 1.29 is 23.2 Å². The molecule has 0 atom stereocenters. The Kier molecular flexibility index (Phi) is 3.99. The van der Waals surface area contributed by atoms with Crippen LogP contribution in [-0.2, 0) is 14.8 Å². The zero-order chi connectivity index (χ0) is 12.2. The van der Waals surface area contributed by atoms with Crippen molar-refractivity contribution >= 4 is 16.0 Å². The maximum atomic E-state index is 11.3. The van der Waals surface area contributed by atoms with E-state index in [1.165, 1.54) is 23.1 Å². The molecule has 0 saturated heterocycles. The number of carbonyl (C=O) groups is 1. The van der Waals surface area contributed by atoms with E-state index in [4.69, 9.17) is 9.94 Å². The van der Waals surface area contributed by atoms with Crippen molar-refractivity contribution in [3.63, 3.8) is 0 Å². The molecule has 1 rings (SSSR count). The van der Waals surface area contributed by atoms with Gasteiger partial charge in [-0.2, -0.15) is 0 Å². The summed E-state index contributed by atoms with van der Waals surface area (Å²) in [4.78, 5) is 12.3. The molecule has 88 valence electrons. The van der Waals surface area contributed by atoms with E-state index in [0.717, 1.165) is 6.07 Å². The van der Waals surface area contributed by atoms with Crippen molar-refractivity contribution in [2.45, 2.75) is 11.8 Å². The van der Waals surface area contributed by atoms with Gasteiger partial charge in [-0.25, -0.2) is 13.2 Å². The molecule has 1 aromatic carbocycles. The molecular weight excluding hydrogens is 234 g/mol. The first-order valence-corrected chi connectivity index (χ1v) is 5.92. The number of benzene rings is 1. The molecule has 0 unspecified atom stereocenters. The summed E-state index contributed by atoms with van der Waals surface area (Å²) in [7, 11) is -3.97. The average Bonchev–Trinajstić information content (AvgIpc) is 2.29. The van der Waals surface area contributed by atoms with Crippen LogP contribution in [0.1, 0.15) is 17.3 Å². The molecule has 0 spiro atoms. The molecule has 0 bridgehead atoms. The van der Waals surface area contributed by atoms with Crippen molar-refractivity contribution in [3.8, 4) is 0 Å². The molecule has 2 N–H and O–H groups in total. The topological polar surface area (TPSA) is 92.7 Å². The van der Waals surface area contributed by atoms with Crippen LogP contribution in [0.3, 0.4) is 0 Å². The lowest BCUT2D eigenvalue weighted by Gasteiger charge is -2.04. The zero-order valence-corrected chi connectivity index (χ0v) is 9.32. The lowest BCUT2D eigenvalue weighted by atomic mass is 10.2. The number of nitrogens with one attached hydrogen (secondary N) is 1. The van der Waals surface area contributed by atoms with Crippen LogP contribution < -0.4 is 4.89 Å². The molecule has 0 aromatic heterocycles. The van der Waals surface area contributed by atoms with Gasteiger partial charge in [0.05, 0.1) is 17.1 Å². The number of esters is 1. The van der Waals surface area contributed by atoms with Gasteiger partial charge in [0, 0.05) is 0 Å². The lowest BCUT2D eigenvalue weighted by molar-refractivity contribution is 0.0526. The minimum atomic E-state index is -3.97. The molecule has 0 amide bonds. The maximum Gasteiger partial charge on any atom is 0.338 e. The van der Waals surface area contributed by atoms with Crippen LogP contribution in [0.25, 0.3) is 0 Å². The third-order valence-electron chi connectivity index (χ3n) is 1.78. The third kappa shape index (κ3) is 2.78. The van der Waals surface area contributed by atoms with Crippen LogP contribution in [-0.4, -0.2) is 26.2 Å². The minimum Gasteiger partial charge on any atom is -0.462 e. The van der Waals surface area contributed by atoms with Crippen LogP contribution in [0.4, 0.5) is 0 Å². The molecule has 0 fully saturated rings. The molecule has 7 heteroatoms. The first kappa shape index (κ1) is 12.6.